The molecule has 2 saturated heterocycles. The Morgan fingerprint density at radius 3 is 1.82 bits per heavy atom. The lowest BCUT2D eigenvalue weighted by Crippen LogP contribution is -2.41. The molecular formula is C18H19NO2S. The summed E-state index contributed by atoms with van der Waals surface area (Å²) in [7, 11) is 0. The molecule has 2 bridgehead atoms. The van der Waals surface area contributed by atoms with Crippen molar-refractivity contribution in [3.05, 3.63) is 41.5 Å². The van der Waals surface area contributed by atoms with Gasteiger partial charge in [0.2, 0.25) is 11.8 Å². The van der Waals surface area contributed by atoms with Crippen molar-refractivity contribution in [3.63, 3.8) is 0 Å². The van der Waals surface area contributed by atoms with Crippen molar-refractivity contribution >= 4 is 29.3 Å². The largest absolute Gasteiger partial charge is 0.274 e. The highest BCUT2D eigenvalue weighted by molar-refractivity contribution is 8.03. The molecule has 0 saturated carbocycles. The summed E-state index contributed by atoms with van der Waals surface area (Å²) in [6.45, 7) is 8.50. The van der Waals surface area contributed by atoms with Crippen molar-refractivity contribution in [2.45, 2.75) is 37.2 Å². The fourth-order valence-electron chi connectivity index (χ4n) is 4.54. The number of amides is 2. The second kappa shape index (κ2) is 4.05. The van der Waals surface area contributed by atoms with E-state index in [2.05, 4.69) is 27.7 Å². The number of hydrogen-bond donors (Lipinski definition) is 0. The van der Waals surface area contributed by atoms with Crippen LogP contribution in [0.15, 0.2) is 41.5 Å². The summed E-state index contributed by atoms with van der Waals surface area (Å²) in [5, 5.41) is 0. The average molecular weight is 313 g/mol. The molecule has 0 spiro atoms. The molecule has 1 aromatic carbocycles. The first-order valence-electron chi connectivity index (χ1n) is 7.64. The van der Waals surface area contributed by atoms with Gasteiger partial charge < -0.3 is 0 Å². The molecule has 0 radical (unpaired) electrons. The molecule has 3 nitrogen and oxygen atoms in total. The monoisotopic (exact) mass is 313 g/mol. The lowest BCUT2D eigenvalue weighted by Gasteiger charge is -2.32. The number of para-hydroxylation sites is 1. The molecule has 2 fully saturated rings. The van der Waals surface area contributed by atoms with E-state index < -0.39 is 0 Å². The number of benzene rings is 1. The van der Waals surface area contributed by atoms with E-state index in [-0.39, 0.29) is 33.1 Å². The Bertz CT molecular complexity index is 699. The van der Waals surface area contributed by atoms with Crippen molar-refractivity contribution in [1.29, 1.82) is 0 Å². The molecule has 2 amide bonds. The van der Waals surface area contributed by atoms with Crippen LogP contribution in [0.3, 0.4) is 0 Å². The standard InChI is InChI=1S/C18H19NO2S/c1-10-11(2)18(4)14-13(17(10,3)22-18)15(20)19(16(14)21)12-8-6-5-7-9-12/h5-9,13-14H,1-4H3. The van der Waals surface area contributed by atoms with E-state index in [1.165, 1.54) is 16.0 Å². The fraction of sp³-hybridized carbons (Fsp3) is 0.444. The van der Waals surface area contributed by atoms with Crippen molar-refractivity contribution < 1.29 is 9.59 Å². The van der Waals surface area contributed by atoms with Gasteiger partial charge in [0.05, 0.1) is 17.5 Å². The Balaban J connectivity index is 1.87. The summed E-state index contributed by atoms with van der Waals surface area (Å²) in [5.74, 6) is -0.545. The topological polar surface area (TPSA) is 37.4 Å². The van der Waals surface area contributed by atoms with Gasteiger partial charge in [-0.1, -0.05) is 29.3 Å². The van der Waals surface area contributed by atoms with Crippen LogP contribution in [0, 0.1) is 11.8 Å². The zero-order valence-electron chi connectivity index (χ0n) is 13.2. The number of fused-ring (bicyclic) bond motifs is 5. The van der Waals surface area contributed by atoms with Gasteiger partial charge in [-0.3, -0.25) is 9.59 Å². The summed E-state index contributed by atoms with van der Waals surface area (Å²) in [5.41, 5.74) is 3.24. The molecule has 4 heteroatoms. The van der Waals surface area contributed by atoms with E-state index in [4.69, 9.17) is 0 Å². The maximum atomic E-state index is 13.1. The minimum absolute atomic E-state index is 0.0354. The molecule has 4 rings (SSSR count). The predicted molar refractivity (Wildman–Crippen MR) is 88.7 cm³/mol. The van der Waals surface area contributed by atoms with E-state index >= 15 is 0 Å². The molecule has 4 atom stereocenters. The van der Waals surface area contributed by atoms with Gasteiger partial charge in [-0.15, -0.1) is 11.8 Å². The molecule has 3 aliphatic heterocycles. The van der Waals surface area contributed by atoms with Gasteiger partial charge in [0, 0.05) is 9.49 Å². The van der Waals surface area contributed by atoms with E-state index in [1.807, 2.05) is 30.3 Å². The molecule has 0 N–H and O–H groups in total. The average Bonchev–Trinajstić information content (AvgIpc) is 2.98. The first kappa shape index (κ1) is 14.1. The Labute approximate surface area is 134 Å². The number of imide groups is 1. The Kier molecular flexibility index (Phi) is 2.59. The Hall–Kier alpha value is -1.55. The Morgan fingerprint density at radius 2 is 1.36 bits per heavy atom. The first-order chi connectivity index (χ1) is 10.3. The minimum atomic E-state index is -0.250. The summed E-state index contributed by atoms with van der Waals surface area (Å²) in [6, 6.07) is 9.30. The molecule has 0 aromatic heterocycles. The molecule has 22 heavy (non-hydrogen) atoms. The van der Waals surface area contributed by atoms with Crippen molar-refractivity contribution in [2.75, 3.05) is 4.90 Å². The molecule has 114 valence electrons. The highest BCUT2D eigenvalue weighted by atomic mass is 32.2. The van der Waals surface area contributed by atoms with Gasteiger partial charge in [-0.05, 0) is 39.8 Å². The second-order valence-corrected chi connectivity index (χ2v) is 8.77. The normalized spacial score (nSPS) is 39.9. The van der Waals surface area contributed by atoms with Crippen molar-refractivity contribution in [2.24, 2.45) is 11.8 Å². The third-order valence-corrected chi connectivity index (χ3v) is 7.95. The lowest BCUT2D eigenvalue weighted by atomic mass is 9.66. The molecule has 3 heterocycles. The molecule has 0 aliphatic carbocycles. The number of anilines is 1. The van der Waals surface area contributed by atoms with Gasteiger partial charge in [0.1, 0.15) is 0 Å². The highest BCUT2D eigenvalue weighted by Gasteiger charge is 2.73. The number of nitrogens with zero attached hydrogens (tertiary/aromatic N) is 1. The van der Waals surface area contributed by atoms with Crippen LogP contribution in [-0.4, -0.2) is 21.3 Å². The van der Waals surface area contributed by atoms with Crippen LogP contribution < -0.4 is 4.90 Å². The smallest absolute Gasteiger partial charge is 0.239 e. The summed E-state index contributed by atoms with van der Waals surface area (Å²) in [4.78, 5) is 27.5. The lowest BCUT2D eigenvalue weighted by molar-refractivity contribution is -0.122. The maximum Gasteiger partial charge on any atom is 0.239 e. The highest BCUT2D eigenvalue weighted by Crippen LogP contribution is 2.70. The van der Waals surface area contributed by atoms with Gasteiger partial charge in [-0.25, -0.2) is 4.90 Å². The second-order valence-electron chi connectivity index (χ2n) is 6.87. The summed E-state index contributed by atoms with van der Waals surface area (Å²) >= 11 is 1.81. The molecule has 4 unspecified atom stereocenters. The summed E-state index contributed by atoms with van der Waals surface area (Å²) in [6.07, 6.45) is 0. The van der Waals surface area contributed by atoms with Crippen LogP contribution >= 0.6 is 11.8 Å². The van der Waals surface area contributed by atoms with Gasteiger partial charge in [-0.2, -0.15) is 0 Å². The van der Waals surface area contributed by atoms with Gasteiger partial charge >= 0.3 is 0 Å². The summed E-state index contributed by atoms with van der Waals surface area (Å²) < 4.78 is -0.500. The zero-order chi connectivity index (χ0) is 15.9. The molecule has 1 aromatic rings. The van der Waals surface area contributed by atoms with E-state index in [0.717, 1.165) is 0 Å². The van der Waals surface area contributed by atoms with Crippen LogP contribution in [0.5, 0.6) is 0 Å². The molecular weight excluding hydrogens is 294 g/mol. The van der Waals surface area contributed by atoms with Gasteiger partial charge in [0.15, 0.2) is 0 Å². The third kappa shape index (κ3) is 1.35. The van der Waals surface area contributed by atoms with Gasteiger partial charge in [0.25, 0.3) is 0 Å². The Morgan fingerprint density at radius 1 is 0.909 bits per heavy atom. The SMILES string of the molecule is CC1=C(C)C2(C)SC1(C)C1C(=O)N(c3ccccc3)C(=O)C12. The number of hydrogen-bond acceptors (Lipinski definition) is 3. The van der Waals surface area contributed by atoms with E-state index in [9.17, 15) is 9.59 Å². The van der Waals surface area contributed by atoms with Crippen LogP contribution in [0.1, 0.15) is 27.7 Å². The van der Waals surface area contributed by atoms with Crippen LogP contribution in [-0.2, 0) is 9.59 Å². The number of rotatable bonds is 1. The van der Waals surface area contributed by atoms with Crippen LogP contribution in [0.25, 0.3) is 0 Å². The van der Waals surface area contributed by atoms with E-state index in [1.54, 1.807) is 11.8 Å². The number of carbonyl (C=O) groups excluding carboxylic acids is 2. The fourth-order valence-corrected chi connectivity index (χ4v) is 6.76. The molecule has 3 aliphatic rings. The van der Waals surface area contributed by atoms with E-state index in [0.29, 0.717) is 5.69 Å². The third-order valence-electron chi connectivity index (χ3n) is 5.98. The van der Waals surface area contributed by atoms with Crippen LogP contribution in [0.2, 0.25) is 0 Å². The van der Waals surface area contributed by atoms with Crippen LogP contribution in [0.4, 0.5) is 5.69 Å². The quantitative estimate of drug-likeness (QED) is 0.589. The predicted octanol–water partition coefficient (Wildman–Crippen LogP) is 3.41. The number of carbonyl (C=O) groups is 2. The first-order valence-corrected chi connectivity index (χ1v) is 8.45. The zero-order valence-corrected chi connectivity index (χ0v) is 14.0. The van der Waals surface area contributed by atoms with Crippen molar-refractivity contribution in [3.8, 4) is 0 Å². The maximum absolute atomic E-state index is 13.1. The van der Waals surface area contributed by atoms with Crippen molar-refractivity contribution in [1.82, 2.24) is 0 Å². The number of thioether (sulfide) groups is 1. The minimum Gasteiger partial charge on any atom is -0.274 e.